The standard InChI is InChI=1S/C23H28F3N5O.HI/c1-3-27-22(28-12-13-31-17(2)30-20-6-4-5-7-21(20)31)29-14-18-8-10-19(11-9-18)15-32-16-23(24,25)26;/h4-11H,3,12-16H2,1-2H3,(H2,27,28,29);1H. The van der Waals surface area contributed by atoms with Crippen molar-refractivity contribution >= 4 is 41.0 Å². The summed E-state index contributed by atoms with van der Waals surface area (Å²) in [6.07, 6.45) is -4.31. The quantitative estimate of drug-likeness (QED) is 0.219. The normalized spacial score (nSPS) is 12.0. The number of ether oxygens (including phenoxy) is 1. The van der Waals surface area contributed by atoms with Gasteiger partial charge in [0, 0.05) is 19.6 Å². The van der Waals surface area contributed by atoms with E-state index in [0.29, 0.717) is 24.6 Å². The maximum atomic E-state index is 12.2. The van der Waals surface area contributed by atoms with Crippen molar-refractivity contribution in [2.75, 3.05) is 19.7 Å². The topological polar surface area (TPSA) is 63.5 Å². The second kappa shape index (κ2) is 12.8. The van der Waals surface area contributed by atoms with Crippen LogP contribution in [0.1, 0.15) is 23.9 Å². The monoisotopic (exact) mass is 575 g/mol. The summed E-state index contributed by atoms with van der Waals surface area (Å²) < 4.78 is 43.3. The molecule has 0 saturated carbocycles. The van der Waals surface area contributed by atoms with Crippen LogP contribution in [0.3, 0.4) is 0 Å². The van der Waals surface area contributed by atoms with Gasteiger partial charge in [-0.2, -0.15) is 13.2 Å². The van der Waals surface area contributed by atoms with Gasteiger partial charge in [-0.05, 0) is 37.1 Å². The molecule has 0 amide bonds. The zero-order valence-electron chi connectivity index (χ0n) is 18.7. The number of imidazole rings is 1. The molecular weight excluding hydrogens is 546 g/mol. The van der Waals surface area contributed by atoms with E-state index >= 15 is 0 Å². The van der Waals surface area contributed by atoms with Crippen molar-refractivity contribution in [2.24, 2.45) is 4.99 Å². The molecule has 10 heteroatoms. The molecule has 0 radical (unpaired) electrons. The minimum absolute atomic E-state index is 0. The fourth-order valence-corrected chi connectivity index (χ4v) is 3.30. The zero-order valence-corrected chi connectivity index (χ0v) is 21.0. The minimum atomic E-state index is -4.31. The van der Waals surface area contributed by atoms with Crippen LogP contribution in [0.5, 0.6) is 0 Å². The number of aliphatic imine (C=N–C) groups is 1. The number of nitrogens with zero attached hydrogens (tertiary/aromatic N) is 3. The number of benzene rings is 2. The van der Waals surface area contributed by atoms with E-state index in [1.807, 2.05) is 44.2 Å². The summed E-state index contributed by atoms with van der Waals surface area (Å²) in [6.45, 7) is 5.30. The third kappa shape index (κ3) is 8.50. The first-order valence-corrected chi connectivity index (χ1v) is 10.5. The molecule has 0 saturated heterocycles. The van der Waals surface area contributed by atoms with E-state index in [-0.39, 0.29) is 30.6 Å². The van der Waals surface area contributed by atoms with Crippen molar-refractivity contribution in [3.05, 3.63) is 65.5 Å². The van der Waals surface area contributed by atoms with Crippen LogP contribution in [0.15, 0.2) is 53.5 Å². The Kier molecular flexibility index (Phi) is 10.4. The van der Waals surface area contributed by atoms with Gasteiger partial charge in [-0.15, -0.1) is 24.0 Å². The van der Waals surface area contributed by atoms with E-state index in [1.54, 1.807) is 12.1 Å². The maximum absolute atomic E-state index is 12.2. The molecule has 0 bridgehead atoms. The van der Waals surface area contributed by atoms with Crippen LogP contribution in [0.4, 0.5) is 13.2 Å². The van der Waals surface area contributed by atoms with Crippen LogP contribution in [0.2, 0.25) is 0 Å². The van der Waals surface area contributed by atoms with Gasteiger partial charge in [-0.1, -0.05) is 36.4 Å². The molecule has 0 unspecified atom stereocenters. The van der Waals surface area contributed by atoms with E-state index in [2.05, 4.69) is 36.0 Å². The van der Waals surface area contributed by atoms with Gasteiger partial charge < -0.3 is 19.9 Å². The molecule has 1 aromatic heterocycles. The number of aromatic nitrogens is 2. The Balaban J connectivity index is 0.00000385. The molecule has 6 nitrogen and oxygen atoms in total. The van der Waals surface area contributed by atoms with Gasteiger partial charge in [0.15, 0.2) is 5.96 Å². The summed E-state index contributed by atoms with van der Waals surface area (Å²) in [7, 11) is 0. The molecule has 3 rings (SSSR count). The molecule has 180 valence electrons. The largest absolute Gasteiger partial charge is 0.411 e. The van der Waals surface area contributed by atoms with Crippen LogP contribution in [-0.2, 0) is 24.4 Å². The van der Waals surface area contributed by atoms with Gasteiger partial charge >= 0.3 is 6.18 Å². The van der Waals surface area contributed by atoms with Gasteiger partial charge in [-0.25, -0.2) is 9.98 Å². The lowest BCUT2D eigenvalue weighted by Crippen LogP contribution is -2.38. The van der Waals surface area contributed by atoms with Gasteiger partial charge in [0.25, 0.3) is 0 Å². The third-order valence-electron chi connectivity index (χ3n) is 4.79. The molecule has 0 aliphatic carbocycles. The number of hydrogen-bond donors (Lipinski definition) is 2. The number of para-hydroxylation sites is 2. The number of alkyl halides is 3. The Bertz CT molecular complexity index is 1030. The minimum Gasteiger partial charge on any atom is -0.367 e. The van der Waals surface area contributed by atoms with Crippen molar-refractivity contribution < 1.29 is 17.9 Å². The molecule has 33 heavy (non-hydrogen) atoms. The molecular formula is C23H29F3IN5O. The van der Waals surface area contributed by atoms with Crippen LogP contribution in [-0.4, -0.2) is 41.4 Å². The van der Waals surface area contributed by atoms with E-state index in [0.717, 1.165) is 35.5 Å². The molecule has 0 fully saturated rings. The smallest absolute Gasteiger partial charge is 0.367 e. The summed E-state index contributed by atoms with van der Waals surface area (Å²) in [4.78, 5) is 9.19. The van der Waals surface area contributed by atoms with Crippen LogP contribution in [0, 0.1) is 6.92 Å². The van der Waals surface area contributed by atoms with Gasteiger partial charge in [-0.3, -0.25) is 0 Å². The van der Waals surface area contributed by atoms with E-state index in [9.17, 15) is 13.2 Å². The van der Waals surface area contributed by atoms with Crippen molar-refractivity contribution in [3.8, 4) is 0 Å². The predicted molar refractivity (Wildman–Crippen MR) is 135 cm³/mol. The first-order valence-electron chi connectivity index (χ1n) is 10.5. The molecule has 3 aromatic rings. The van der Waals surface area contributed by atoms with Gasteiger partial charge in [0.1, 0.15) is 12.4 Å². The van der Waals surface area contributed by atoms with Gasteiger partial charge in [0.2, 0.25) is 0 Å². The lowest BCUT2D eigenvalue weighted by atomic mass is 10.1. The maximum Gasteiger partial charge on any atom is 0.411 e. The SMILES string of the molecule is CCNC(=NCc1ccc(COCC(F)(F)F)cc1)NCCn1c(C)nc2ccccc21.I. The summed E-state index contributed by atoms with van der Waals surface area (Å²) in [5.41, 5.74) is 3.74. The summed E-state index contributed by atoms with van der Waals surface area (Å²) >= 11 is 0. The molecule has 2 N–H and O–H groups in total. The van der Waals surface area contributed by atoms with Crippen molar-refractivity contribution in [1.29, 1.82) is 0 Å². The Morgan fingerprint density at radius 3 is 2.45 bits per heavy atom. The highest BCUT2D eigenvalue weighted by molar-refractivity contribution is 14.0. The van der Waals surface area contributed by atoms with Crippen LogP contribution in [0.25, 0.3) is 11.0 Å². The highest BCUT2D eigenvalue weighted by Crippen LogP contribution is 2.16. The number of halogens is 4. The molecule has 0 aliphatic heterocycles. The highest BCUT2D eigenvalue weighted by atomic mass is 127. The molecule has 1 heterocycles. The molecule has 0 atom stereocenters. The molecule has 2 aromatic carbocycles. The fraction of sp³-hybridized carbons (Fsp3) is 0.391. The predicted octanol–water partition coefficient (Wildman–Crippen LogP) is 4.80. The second-order valence-electron chi connectivity index (χ2n) is 7.35. The van der Waals surface area contributed by atoms with Crippen molar-refractivity contribution in [2.45, 2.75) is 39.7 Å². The Labute approximate surface area is 208 Å². The molecule has 0 spiro atoms. The van der Waals surface area contributed by atoms with E-state index < -0.39 is 12.8 Å². The number of rotatable bonds is 9. The second-order valence-corrected chi connectivity index (χ2v) is 7.35. The van der Waals surface area contributed by atoms with Crippen molar-refractivity contribution in [1.82, 2.24) is 20.2 Å². The summed E-state index contributed by atoms with van der Waals surface area (Å²) in [6, 6.07) is 15.3. The number of nitrogens with one attached hydrogen (secondary N) is 2. The summed E-state index contributed by atoms with van der Waals surface area (Å²) in [5, 5.41) is 6.56. The number of hydrogen-bond acceptors (Lipinski definition) is 3. The van der Waals surface area contributed by atoms with Crippen molar-refractivity contribution in [3.63, 3.8) is 0 Å². The zero-order chi connectivity index (χ0) is 23.0. The average molecular weight is 575 g/mol. The van der Waals surface area contributed by atoms with Crippen LogP contribution < -0.4 is 10.6 Å². The lowest BCUT2D eigenvalue weighted by Gasteiger charge is -2.13. The number of guanidine groups is 1. The molecule has 0 aliphatic rings. The third-order valence-corrected chi connectivity index (χ3v) is 4.79. The lowest BCUT2D eigenvalue weighted by molar-refractivity contribution is -0.176. The Hall–Kier alpha value is -2.34. The average Bonchev–Trinajstić information content (AvgIpc) is 3.07. The first-order chi connectivity index (χ1) is 15.4. The van der Waals surface area contributed by atoms with Gasteiger partial charge in [0.05, 0.1) is 24.2 Å². The van der Waals surface area contributed by atoms with E-state index in [1.165, 1.54) is 0 Å². The Morgan fingerprint density at radius 1 is 1.06 bits per heavy atom. The number of fused-ring (bicyclic) bond motifs is 1. The number of aryl methyl sites for hydroxylation is 1. The van der Waals surface area contributed by atoms with E-state index in [4.69, 9.17) is 0 Å². The first kappa shape index (κ1) is 26.9. The Morgan fingerprint density at radius 2 is 1.76 bits per heavy atom. The summed E-state index contributed by atoms with van der Waals surface area (Å²) in [5.74, 6) is 1.67. The fourth-order valence-electron chi connectivity index (χ4n) is 3.30. The highest BCUT2D eigenvalue weighted by Gasteiger charge is 2.27. The van der Waals surface area contributed by atoms with Crippen LogP contribution >= 0.6 is 24.0 Å².